The molecule has 1 heterocycles. The second-order valence-electron chi connectivity index (χ2n) is 4.84. The fourth-order valence-electron chi connectivity index (χ4n) is 1.57. The Kier molecular flexibility index (Phi) is 3.66. The highest BCUT2D eigenvalue weighted by atomic mass is 32.1. The maximum atomic E-state index is 5.93. The van der Waals surface area contributed by atoms with Crippen LogP contribution in [0.1, 0.15) is 43.3 Å². The number of guanidine groups is 1. The van der Waals surface area contributed by atoms with Gasteiger partial charge in [0.25, 0.3) is 0 Å². The molecule has 1 fully saturated rings. The quantitative estimate of drug-likeness (QED) is 0.660. The number of hydrogen-bond donors (Lipinski definition) is 1. The van der Waals surface area contributed by atoms with Gasteiger partial charge in [-0.3, -0.25) is 0 Å². The van der Waals surface area contributed by atoms with Gasteiger partial charge in [-0.1, -0.05) is 13.8 Å². The van der Waals surface area contributed by atoms with Crippen LogP contribution in [0.25, 0.3) is 0 Å². The molecule has 17 heavy (non-hydrogen) atoms. The summed E-state index contributed by atoms with van der Waals surface area (Å²) in [6, 6.07) is 0.612. The van der Waals surface area contributed by atoms with Crippen molar-refractivity contribution in [2.24, 2.45) is 10.7 Å². The Labute approximate surface area is 107 Å². The van der Waals surface area contributed by atoms with Crippen LogP contribution < -0.4 is 5.73 Å². The molecule has 0 aromatic carbocycles. The minimum absolute atomic E-state index is 0.482. The maximum Gasteiger partial charge on any atom is 0.191 e. The third-order valence-electron chi connectivity index (χ3n) is 2.99. The van der Waals surface area contributed by atoms with Crippen molar-refractivity contribution in [3.8, 4) is 0 Å². The van der Waals surface area contributed by atoms with Crippen LogP contribution in [-0.2, 0) is 6.54 Å². The topological polar surface area (TPSA) is 54.5 Å². The molecule has 0 saturated heterocycles. The first-order valence-electron chi connectivity index (χ1n) is 6.05. The van der Waals surface area contributed by atoms with E-state index in [0.717, 1.165) is 10.7 Å². The summed E-state index contributed by atoms with van der Waals surface area (Å²) in [4.78, 5) is 11.0. The first-order valence-corrected chi connectivity index (χ1v) is 6.93. The molecule has 1 saturated carbocycles. The van der Waals surface area contributed by atoms with E-state index >= 15 is 0 Å². The van der Waals surface area contributed by atoms with Gasteiger partial charge in [-0.15, -0.1) is 11.3 Å². The van der Waals surface area contributed by atoms with E-state index in [9.17, 15) is 0 Å². The van der Waals surface area contributed by atoms with Crippen LogP contribution in [0.4, 0.5) is 0 Å². The van der Waals surface area contributed by atoms with Gasteiger partial charge in [0.2, 0.25) is 0 Å². The van der Waals surface area contributed by atoms with E-state index in [1.807, 2.05) is 7.05 Å². The minimum atomic E-state index is 0.482. The van der Waals surface area contributed by atoms with Gasteiger partial charge in [0.15, 0.2) is 5.96 Å². The van der Waals surface area contributed by atoms with Crippen molar-refractivity contribution in [2.75, 3.05) is 7.05 Å². The Hall–Kier alpha value is -1.10. The van der Waals surface area contributed by atoms with Gasteiger partial charge < -0.3 is 10.6 Å². The van der Waals surface area contributed by atoms with Crippen LogP contribution in [0.5, 0.6) is 0 Å². The number of aromatic nitrogens is 1. The summed E-state index contributed by atoms with van der Waals surface area (Å²) >= 11 is 1.66. The van der Waals surface area contributed by atoms with E-state index in [2.05, 4.69) is 34.1 Å². The fraction of sp³-hybridized carbons (Fsp3) is 0.667. The van der Waals surface area contributed by atoms with Gasteiger partial charge in [0.1, 0.15) is 5.01 Å². The largest absolute Gasteiger partial charge is 0.370 e. The number of aliphatic imine (C=N–C) groups is 1. The molecule has 0 radical (unpaired) electrons. The Morgan fingerprint density at radius 1 is 1.65 bits per heavy atom. The van der Waals surface area contributed by atoms with Gasteiger partial charge >= 0.3 is 0 Å². The Morgan fingerprint density at radius 2 is 2.35 bits per heavy atom. The normalized spacial score (nSPS) is 16.6. The smallest absolute Gasteiger partial charge is 0.191 e. The van der Waals surface area contributed by atoms with E-state index in [-0.39, 0.29) is 0 Å². The molecular formula is C12H20N4S. The van der Waals surface area contributed by atoms with Gasteiger partial charge in [-0.25, -0.2) is 9.98 Å². The summed E-state index contributed by atoms with van der Waals surface area (Å²) in [5, 5.41) is 3.15. The van der Waals surface area contributed by atoms with Crippen molar-refractivity contribution in [1.29, 1.82) is 0 Å². The number of thiazole rings is 1. The zero-order valence-electron chi connectivity index (χ0n) is 10.7. The molecular weight excluding hydrogens is 232 g/mol. The Bertz CT molecular complexity index is 406. The van der Waals surface area contributed by atoms with E-state index < -0.39 is 0 Å². The van der Waals surface area contributed by atoms with Crippen LogP contribution in [0.2, 0.25) is 0 Å². The van der Waals surface area contributed by atoms with Crippen molar-refractivity contribution >= 4 is 17.3 Å². The average Bonchev–Trinajstić information content (AvgIpc) is 3.03. The first-order chi connectivity index (χ1) is 8.08. The molecule has 0 unspecified atom stereocenters. The van der Waals surface area contributed by atoms with E-state index in [4.69, 9.17) is 5.73 Å². The Balaban J connectivity index is 1.93. The maximum absolute atomic E-state index is 5.93. The number of rotatable bonds is 4. The lowest BCUT2D eigenvalue weighted by molar-refractivity contribution is 0.487. The zero-order valence-corrected chi connectivity index (χ0v) is 11.5. The van der Waals surface area contributed by atoms with Crippen LogP contribution in [0.3, 0.4) is 0 Å². The molecule has 1 aromatic rings. The molecule has 0 aliphatic heterocycles. The lowest BCUT2D eigenvalue weighted by Gasteiger charge is -2.16. The van der Waals surface area contributed by atoms with Crippen molar-refractivity contribution in [1.82, 2.24) is 9.88 Å². The van der Waals surface area contributed by atoms with Gasteiger partial charge in [-0.2, -0.15) is 0 Å². The van der Waals surface area contributed by atoms with E-state index in [0.29, 0.717) is 24.5 Å². The van der Waals surface area contributed by atoms with Gasteiger partial charge in [-0.05, 0) is 18.8 Å². The molecule has 0 bridgehead atoms. The second-order valence-corrected chi connectivity index (χ2v) is 5.78. The predicted molar refractivity (Wildman–Crippen MR) is 72.3 cm³/mol. The predicted octanol–water partition coefficient (Wildman–Crippen LogP) is 2.18. The van der Waals surface area contributed by atoms with Gasteiger partial charge in [0.05, 0.1) is 12.2 Å². The summed E-state index contributed by atoms with van der Waals surface area (Å²) in [5.41, 5.74) is 7.07. The molecule has 2 N–H and O–H groups in total. The van der Waals surface area contributed by atoms with E-state index in [1.165, 1.54) is 12.8 Å². The van der Waals surface area contributed by atoms with Crippen LogP contribution in [0, 0.1) is 0 Å². The minimum Gasteiger partial charge on any atom is -0.370 e. The van der Waals surface area contributed by atoms with Crippen LogP contribution >= 0.6 is 11.3 Å². The SMILES string of the molecule is CC(C)c1csc(CN=C(N)N(C)C2CC2)n1. The highest BCUT2D eigenvalue weighted by Gasteiger charge is 2.27. The highest BCUT2D eigenvalue weighted by molar-refractivity contribution is 7.09. The fourth-order valence-corrected chi connectivity index (χ4v) is 2.45. The van der Waals surface area contributed by atoms with Crippen molar-refractivity contribution in [3.63, 3.8) is 0 Å². The van der Waals surface area contributed by atoms with Crippen LogP contribution in [0.15, 0.2) is 10.4 Å². The van der Waals surface area contributed by atoms with E-state index in [1.54, 1.807) is 11.3 Å². The zero-order chi connectivity index (χ0) is 12.4. The molecule has 1 aliphatic rings. The molecule has 94 valence electrons. The summed E-state index contributed by atoms with van der Waals surface area (Å²) in [6.07, 6.45) is 2.48. The van der Waals surface area contributed by atoms with Crippen molar-refractivity contribution in [3.05, 3.63) is 16.1 Å². The average molecular weight is 252 g/mol. The Morgan fingerprint density at radius 3 is 2.88 bits per heavy atom. The molecule has 1 aromatic heterocycles. The summed E-state index contributed by atoms with van der Waals surface area (Å²) in [6.45, 7) is 4.90. The molecule has 4 nitrogen and oxygen atoms in total. The van der Waals surface area contributed by atoms with Crippen molar-refractivity contribution < 1.29 is 0 Å². The molecule has 0 atom stereocenters. The number of nitrogens with zero attached hydrogens (tertiary/aromatic N) is 3. The molecule has 5 heteroatoms. The summed E-state index contributed by atoms with van der Waals surface area (Å²) in [5.74, 6) is 1.12. The third-order valence-corrected chi connectivity index (χ3v) is 3.85. The highest BCUT2D eigenvalue weighted by Crippen LogP contribution is 2.25. The van der Waals surface area contributed by atoms with Crippen molar-refractivity contribution in [2.45, 2.75) is 45.2 Å². The molecule has 2 rings (SSSR count). The molecule has 1 aliphatic carbocycles. The van der Waals surface area contributed by atoms with Gasteiger partial charge in [0, 0.05) is 18.5 Å². The van der Waals surface area contributed by atoms with Crippen LogP contribution in [-0.4, -0.2) is 28.9 Å². The number of hydrogen-bond acceptors (Lipinski definition) is 3. The summed E-state index contributed by atoms with van der Waals surface area (Å²) < 4.78 is 0. The number of nitrogens with two attached hydrogens (primary N) is 1. The summed E-state index contributed by atoms with van der Waals surface area (Å²) in [7, 11) is 2.01. The lowest BCUT2D eigenvalue weighted by Crippen LogP contribution is -2.35. The third kappa shape index (κ3) is 3.19. The second kappa shape index (κ2) is 5.04. The first kappa shape index (κ1) is 12.4. The molecule has 0 spiro atoms. The monoisotopic (exact) mass is 252 g/mol. The standard InChI is InChI=1S/C12H20N4S/c1-8(2)10-7-17-11(15-10)6-14-12(13)16(3)9-4-5-9/h7-9H,4-6H2,1-3H3,(H2,13,14). The lowest BCUT2D eigenvalue weighted by atomic mass is 10.2. The molecule has 0 amide bonds.